The van der Waals surface area contributed by atoms with Crippen LogP contribution >= 0.6 is 0 Å². The van der Waals surface area contributed by atoms with Crippen LogP contribution in [-0.2, 0) is 18.4 Å². The Labute approximate surface area is 142 Å². The Morgan fingerprint density at radius 1 is 1.38 bits per heavy atom. The molecule has 0 bridgehead atoms. The first-order valence-corrected chi connectivity index (χ1v) is 8.07. The number of carbonyl (C=O) groups is 1. The molecular weight excluding hydrogens is 304 g/mol. The maximum atomic E-state index is 12.0. The largest absolute Gasteiger partial charge is 0.490 e. The number of hydrogen-bond acceptors (Lipinski definition) is 4. The molecule has 6 heteroatoms. The Morgan fingerprint density at radius 2 is 2.12 bits per heavy atom. The number of para-hydroxylation sites is 1. The average molecular weight is 328 g/mol. The predicted molar refractivity (Wildman–Crippen MR) is 93.4 cm³/mol. The lowest BCUT2D eigenvalue weighted by Crippen LogP contribution is -2.22. The quantitative estimate of drug-likeness (QED) is 0.793. The molecule has 128 valence electrons. The van der Waals surface area contributed by atoms with E-state index >= 15 is 0 Å². The summed E-state index contributed by atoms with van der Waals surface area (Å²) in [6.07, 6.45) is 4.32. The summed E-state index contributed by atoms with van der Waals surface area (Å²) >= 11 is 0. The maximum Gasteiger partial charge on any atom is 0.244 e. The number of amides is 1. The Balaban J connectivity index is 1.97. The molecule has 2 aromatic rings. The highest BCUT2D eigenvalue weighted by atomic mass is 16.5. The summed E-state index contributed by atoms with van der Waals surface area (Å²) in [7, 11) is 1.87. The van der Waals surface area contributed by atoms with Gasteiger partial charge in [0, 0.05) is 18.7 Å². The predicted octanol–water partition coefficient (Wildman–Crippen LogP) is 2.63. The fourth-order valence-corrected chi connectivity index (χ4v) is 2.02. The third-order valence-corrected chi connectivity index (χ3v) is 3.84. The van der Waals surface area contributed by atoms with Gasteiger partial charge in [0.1, 0.15) is 11.6 Å². The normalized spacial score (nSPS) is 12.3. The summed E-state index contributed by atoms with van der Waals surface area (Å²) in [5, 5.41) is 10.8. The molecule has 0 radical (unpaired) electrons. The molecule has 0 saturated heterocycles. The minimum Gasteiger partial charge on any atom is -0.490 e. The zero-order valence-corrected chi connectivity index (χ0v) is 14.6. The van der Waals surface area contributed by atoms with Crippen molar-refractivity contribution < 1.29 is 9.53 Å². The number of aromatic nitrogens is 3. The SMILES string of the molecule is CCC(C)Oc1ccccc1C=CC(=O)NCc1nnc(C)n1C. The van der Waals surface area contributed by atoms with Crippen molar-refractivity contribution in [1.82, 2.24) is 20.1 Å². The van der Waals surface area contributed by atoms with Gasteiger partial charge in [-0.05, 0) is 32.4 Å². The van der Waals surface area contributed by atoms with Crippen LogP contribution in [-0.4, -0.2) is 26.8 Å². The van der Waals surface area contributed by atoms with Gasteiger partial charge in [0.2, 0.25) is 5.91 Å². The lowest BCUT2D eigenvalue weighted by Gasteiger charge is -2.14. The molecule has 24 heavy (non-hydrogen) atoms. The van der Waals surface area contributed by atoms with Crippen LogP contribution < -0.4 is 10.1 Å². The zero-order chi connectivity index (χ0) is 17.5. The smallest absolute Gasteiger partial charge is 0.244 e. The first kappa shape index (κ1) is 17.7. The first-order chi connectivity index (χ1) is 11.5. The fraction of sp³-hybridized carbons (Fsp3) is 0.389. The van der Waals surface area contributed by atoms with E-state index in [4.69, 9.17) is 4.74 Å². The van der Waals surface area contributed by atoms with Crippen molar-refractivity contribution in [2.45, 2.75) is 39.8 Å². The second-order valence-corrected chi connectivity index (χ2v) is 5.65. The minimum atomic E-state index is -0.186. The molecule has 1 unspecified atom stereocenters. The summed E-state index contributed by atoms with van der Waals surface area (Å²) in [6.45, 7) is 6.30. The van der Waals surface area contributed by atoms with E-state index in [1.54, 1.807) is 6.08 Å². The number of ether oxygens (including phenoxy) is 1. The monoisotopic (exact) mass is 328 g/mol. The second-order valence-electron chi connectivity index (χ2n) is 5.65. The molecule has 0 aliphatic carbocycles. The highest BCUT2D eigenvalue weighted by Crippen LogP contribution is 2.21. The van der Waals surface area contributed by atoms with Gasteiger partial charge in [-0.3, -0.25) is 4.79 Å². The maximum absolute atomic E-state index is 12.0. The van der Waals surface area contributed by atoms with Crippen molar-refractivity contribution in [3.05, 3.63) is 47.6 Å². The molecule has 0 fully saturated rings. The van der Waals surface area contributed by atoms with Crippen LogP contribution in [0.2, 0.25) is 0 Å². The van der Waals surface area contributed by atoms with Gasteiger partial charge in [-0.2, -0.15) is 0 Å². The van der Waals surface area contributed by atoms with Gasteiger partial charge >= 0.3 is 0 Å². The van der Waals surface area contributed by atoms with E-state index in [0.717, 1.165) is 29.4 Å². The van der Waals surface area contributed by atoms with Crippen LogP contribution in [0.1, 0.15) is 37.5 Å². The van der Waals surface area contributed by atoms with Gasteiger partial charge in [0.15, 0.2) is 5.82 Å². The molecule has 1 aromatic heterocycles. The molecule has 1 atom stereocenters. The number of rotatable bonds is 7. The standard InChI is InChI=1S/C18H24N4O2/c1-5-13(2)24-16-9-7-6-8-15(16)10-11-18(23)19-12-17-21-20-14(3)22(17)4/h6-11,13H,5,12H2,1-4H3,(H,19,23). The molecular formula is C18H24N4O2. The van der Waals surface area contributed by atoms with Crippen molar-refractivity contribution in [3.63, 3.8) is 0 Å². The highest BCUT2D eigenvalue weighted by molar-refractivity contribution is 5.92. The molecule has 1 aromatic carbocycles. The first-order valence-electron chi connectivity index (χ1n) is 8.07. The second kappa shape index (κ2) is 8.29. The van der Waals surface area contributed by atoms with E-state index in [2.05, 4.69) is 22.4 Å². The Kier molecular flexibility index (Phi) is 6.12. The Bertz CT molecular complexity index is 722. The van der Waals surface area contributed by atoms with Crippen LogP contribution in [0.25, 0.3) is 6.08 Å². The number of hydrogen-bond donors (Lipinski definition) is 1. The topological polar surface area (TPSA) is 69.0 Å². The molecule has 6 nitrogen and oxygen atoms in total. The van der Waals surface area contributed by atoms with Crippen LogP contribution in [0.4, 0.5) is 0 Å². The van der Waals surface area contributed by atoms with E-state index in [-0.39, 0.29) is 12.0 Å². The summed E-state index contributed by atoms with van der Waals surface area (Å²) < 4.78 is 7.72. The summed E-state index contributed by atoms with van der Waals surface area (Å²) in [6, 6.07) is 7.68. The Hall–Kier alpha value is -2.63. The van der Waals surface area contributed by atoms with Gasteiger partial charge in [0.05, 0.1) is 12.6 Å². The van der Waals surface area contributed by atoms with E-state index in [1.165, 1.54) is 6.08 Å². The minimum absolute atomic E-state index is 0.132. The van der Waals surface area contributed by atoms with Gasteiger partial charge in [-0.1, -0.05) is 25.1 Å². The van der Waals surface area contributed by atoms with Gasteiger partial charge in [0.25, 0.3) is 0 Å². The lowest BCUT2D eigenvalue weighted by atomic mass is 10.2. The van der Waals surface area contributed by atoms with Crippen LogP contribution in [0, 0.1) is 6.92 Å². The zero-order valence-electron chi connectivity index (χ0n) is 14.6. The van der Waals surface area contributed by atoms with Crippen LogP contribution in [0.15, 0.2) is 30.3 Å². The van der Waals surface area contributed by atoms with E-state index in [9.17, 15) is 4.79 Å². The molecule has 1 N–H and O–H groups in total. The van der Waals surface area contributed by atoms with Crippen molar-refractivity contribution in [3.8, 4) is 5.75 Å². The molecule has 0 aliphatic heterocycles. The molecule has 1 heterocycles. The van der Waals surface area contributed by atoms with E-state index in [1.807, 2.05) is 49.7 Å². The number of aryl methyl sites for hydroxylation is 1. The van der Waals surface area contributed by atoms with Crippen molar-refractivity contribution in [2.24, 2.45) is 7.05 Å². The summed E-state index contributed by atoms with van der Waals surface area (Å²) in [5.41, 5.74) is 0.877. The van der Waals surface area contributed by atoms with Gasteiger partial charge in [-0.15, -0.1) is 10.2 Å². The molecule has 1 amide bonds. The average Bonchev–Trinajstić information content (AvgIpc) is 2.91. The van der Waals surface area contributed by atoms with Crippen LogP contribution in [0.3, 0.4) is 0 Å². The van der Waals surface area contributed by atoms with Crippen molar-refractivity contribution >= 4 is 12.0 Å². The summed E-state index contributed by atoms with van der Waals surface area (Å²) in [4.78, 5) is 12.0. The van der Waals surface area contributed by atoms with Crippen LogP contribution in [0.5, 0.6) is 5.75 Å². The molecule has 2 rings (SSSR count). The molecule has 0 aliphatic rings. The Morgan fingerprint density at radius 3 is 2.79 bits per heavy atom. The number of carbonyl (C=O) groups excluding carboxylic acids is 1. The summed E-state index contributed by atoms with van der Waals surface area (Å²) in [5.74, 6) is 2.12. The third kappa shape index (κ3) is 4.68. The van der Waals surface area contributed by atoms with Crippen molar-refractivity contribution in [2.75, 3.05) is 0 Å². The number of nitrogens with one attached hydrogen (secondary N) is 1. The molecule has 0 saturated carbocycles. The molecule has 0 spiro atoms. The van der Waals surface area contributed by atoms with Crippen molar-refractivity contribution in [1.29, 1.82) is 0 Å². The lowest BCUT2D eigenvalue weighted by molar-refractivity contribution is -0.116. The van der Waals surface area contributed by atoms with Gasteiger partial charge in [-0.25, -0.2) is 0 Å². The third-order valence-electron chi connectivity index (χ3n) is 3.84. The number of nitrogens with zero attached hydrogens (tertiary/aromatic N) is 3. The van der Waals surface area contributed by atoms with Gasteiger partial charge < -0.3 is 14.6 Å². The fourth-order valence-electron chi connectivity index (χ4n) is 2.02. The van der Waals surface area contributed by atoms with E-state index < -0.39 is 0 Å². The number of benzene rings is 1. The highest BCUT2D eigenvalue weighted by Gasteiger charge is 2.07. The van der Waals surface area contributed by atoms with E-state index in [0.29, 0.717) is 6.54 Å².